The number of carboxylic acids is 2. The Morgan fingerprint density at radius 2 is 0.957 bits per heavy atom. The normalized spacial score (nSPS) is 9.74. The molecule has 0 radical (unpaired) electrons. The Bertz CT molecular complexity index is 590. The number of carbonyl (C=O) groups is 2. The predicted molar refractivity (Wildman–Crippen MR) is 86.7 cm³/mol. The van der Waals surface area contributed by atoms with Crippen LogP contribution in [0.3, 0.4) is 0 Å². The van der Waals surface area contributed by atoms with Gasteiger partial charge in [-0.05, 0) is 23.3 Å². The summed E-state index contributed by atoms with van der Waals surface area (Å²) in [6.07, 6.45) is 5.01. The van der Waals surface area contributed by atoms with Crippen LogP contribution in [0.5, 0.6) is 0 Å². The molecule has 0 fully saturated rings. The maximum Gasteiger partial charge on any atom is 2.00 e. The summed E-state index contributed by atoms with van der Waals surface area (Å²) >= 11 is 0. The Kier molecular flexibility index (Phi) is 11.9. The number of carbonyl (C=O) groups excluding carboxylic acids is 2. The van der Waals surface area contributed by atoms with E-state index in [2.05, 4.69) is 0 Å². The first-order chi connectivity index (χ1) is 10.6. The largest absolute Gasteiger partial charge is 2.00 e. The Hall–Kier alpha value is -1.66. The van der Waals surface area contributed by atoms with Crippen LogP contribution in [0.4, 0.5) is 0 Å². The third-order valence-electron chi connectivity index (χ3n) is 2.42. The van der Waals surface area contributed by atoms with Gasteiger partial charge < -0.3 is 19.8 Å². The third-order valence-corrected chi connectivity index (χ3v) is 2.42. The SMILES string of the molecule is O=C([O-])C=Cc1ccccc1.O=C([O-])C=Cc1ccccc1.[Sr+2]. The summed E-state index contributed by atoms with van der Waals surface area (Å²) in [5, 5.41) is 19.9. The van der Waals surface area contributed by atoms with E-state index >= 15 is 0 Å². The first kappa shape index (κ1) is 21.3. The minimum atomic E-state index is -1.17. The molecule has 0 aliphatic carbocycles. The quantitative estimate of drug-likeness (QED) is 0.571. The van der Waals surface area contributed by atoms with Crippen molar-refractivity contribution >= 4 is 69.6 Å². The standard InChI is InChI=1S/2C9H8O2.Sr/c2*10-9(11)7-6-8-4-2-1-3-5-8;/h2*1-7H,(H,10,11);/q;;+2/p-2. The van der Waals surface area contributed by atoms with E-state index in [0.717, 1.165) is 23.3 Å². The molecular weight excluding hydrogens is 368 g/mol. The third kappa shape index (κ3) is 11.5. The monoisotopic (exact) mass is 382 g/mol. The average Bonchev–Trinajstić information content (AvgIpc) is 2.53. The molecule has 0 atom stereocenters. The number of hydrogen-bond donors (Lipinski definition) is 0. The minimum absolute atomic E-state index is 0. The van der Waals surface area contributed by atoms with Crippen LogP contribution in [0.1, 0.15) is 11.1 Å². The van der Waals surface area contributed by atoms with Crippen molar-refractivity contribution < 1.29 is 19.8 Å². The van der Waals surface area contributed by atoms with Gasteiger partial charge in [-0.2, -0.15) is 0 Å². The number of hydrogen-bond acceptors (Lipinski definition) is 4. The van der Waals surface area contributed by atoms with Gasteiger partial charge in [0.15, 0.2) is 0 Å². The van der Waals surface area contributed by atoms with E-state index in [0.29, 0.717) is 0 Å². The van der Waals surface area contributed by atoms with E-state index < -0.39 is 11.9 Å². The van der Waals surface area contributed by atoms with Gasteiger partial charge in [0.2, 0.25) is 0 Å². The van der Waals surface area contributed by atoms with Crippen molar-refractivity contribution in [2.75, 3.05) is 0 Å². The fourth-order valence-corrected chi connectivity index (χ4v) is 1.46. The number of aliphatic carboxylic acids is 2. The average molecular weight is 382 g/mol. The summed E-state index contributed by atoms with van der Waals surface area (Å²) in [6, 6.07) is 18.4. The summed E-state index contributed by atoms with van der Waals surface area (Å²) in [7, 11) is 0. The van der Waals surface area contributed by atoms with E-state index in [1.165, 1.54) is 12.2 Å². The van der Waals surface area contributed by atoms with Gasteiger partial charge in [0.1, 0.15) is 0 Å². The van der Waals surface area contributed by atoms with Gasteiger partial charge in [-0.15, -0.1) is 0 Å². The Morgan fingerprint density at radius 1 is 0.652 bits per heavy atom. The molecule has 4 nitrogen and oxygen atoms in total. The molecular formula is C18H14O4Sr. The topological polar surface area (TPSA) is 80.3 Å². The molecule has 2 aromatic carbocycles. The maximum absolute atomic E-state index is 9.97. The summed E-state index contributed by atoms with van der Waals surface area (Å²) in [5.41, 5.74) is 1.72. The van der Waals surface area contributed by atoms with Gasteiger partial charge in [0.25, 0.3) is 0 Å². The zero-order valence-electron chi connectivity index (χ0n) is 12.4. The van der Waals surface area contributed by atoms with E-state index in [4.69, 9.17) is 0 Å². The van der Waals surface area contributed by atoms with Crippen LogP contribution < -0.4 is 10.2 Å². The molecule has 23 heavy (non-hydrogen) atoms. The number of rotatable bonds is 4. The second-order valence-electron chi connectivity index (χ2n) is 4.13. The van der Waals surface area contributed by atoms with Crippen LogP contribution in [-0.4, -0.2) is 57.4 Å². The summed E-state index contributed by atoms with van der Waals surface area (Å²) in [6.45, 7) is 0. The van der Waals surface area contributed by atoms with E-state index in [9.17, 15) is 19.8 Å². The fourth-order valence-electron chi connectivity index (χ4n) is 1.46. The van der Waals surface area contributed by atoms with E-state index in [1.54, 1.807) is 0 Å². The fraction of sp³-hybridized carbons (Fsp3) is 0. The molecule has 0 saturated carbocycles. The van der Waals surface area contributed by atoms with Gasteiger partial charge in [-0.3, -0.25) is 0 Å². The smallest absolute Gasteiger partial charge is 0.545 e. The van der Waals surface area contributed by atoms with Crippen LogP contribution in [0.25, 0.3) is 12.2 Å². The zero-order valence-corrected chi connectivity index (χ0v) is 15.9. The molecule has 0 aromatic heterocycles. The maximum atomic E-state index is 9.97. The van der Waals surface area contributed by atoms with Crippen molar-refractivity contribution in [3.63, 3.8) is 0 Å². The van der Waals surface area contributed by atoms with Crippen molar-refractivity contribution in [3.8, 4) is 0 Å². The number of benzene rings is 2. The molecule has 0 unspecified atom stereocenters. The van der Waals surface area contributed by atoms with Gasteiger partial charge in [0.05, 0.1) is 11.9 Å². The minimum Gasteiger partial charge on any atom is -0.545 e. The summed E-state index contributed by atoms with van der Waals surface area (Å²) in [4.78, 5) is 19.9. The molecule has 0 bridgehead atoms. The molecule has 0 aliphatic heterocycles. The van der Waals surface area contributed by atoms with Crippen molar-refractivity contribution in [2.24, 2.45) is 0 Å². The molecule has 112 valence electrons. The van der Waals surface area contributed by atoms with Crippen LogP contribution in [0.2, 0.25) is 0 Å². The number of carboxylic acid groups (broad SMARTS) is 2. The predicted octanol–water partition coefficient (Wildman–Crippen LogP) is 0.519. The van der Waals surface area contributed by atoms with Crippen LogP contribution in [-0.2, 0) is 9.59 Å². The van der Waals surface area contributed by atoms with Gasteiger partial charge in [0, 0.05) is 0 Å². The van der Waals surface area contributed by atoms with Crippen molar-refractivity contribution in [3.05, 3.63) is 83.9 Å². The molecule has 0 amide bonds. The van der Waals surface area contributed by atoms with Crippen LogP contribution >= 0.6 is 0 Å². The summed E-state index contributed by atoms with van der Waals surface area (Å²) < 4.78 is 0. The molecule has 2 rings (SSSR count). The second-order valence-corrected chi connectivity index (χ2v) is 4.13. The van der Waals surface area contributed by atoms with Gasteiger partial charge in [-0.25, -0.2) is 0 Å². The molecule has 0 N–H and O–H groups in total. The molecule has 0 aliphatic rings. The Morgan fingerprint density at radius 3 is 1.22 bits per heavy atom. The van der Waals surface area contributed by atoms with Crippen molar-refractivity contribution in [2.45, 2.75) is 0 Å². The van der Waals surface area contributed by atoms with E-state index in [1.807, 2.05) is 60.7 Å². The second kappa shape index (κ2) is 12.8. The first-order valence-electron chi connectivity index (χ1n) is 6.46. The van der Waals surface area contributed by atoms with Crippen molar-refractivity contribution in [1.82, 2.24) is 0 Å². The zero-order chi connectivity index (χ0) is 16.2. The van der Waals surface area contributed by atoms with E-state index in [-0.39, 0.29) is 45.5 Å². The molecule has 0 spiro atoms. The van der Waals surface area contributed by atoms with Gasteiger partial charge >= 0.3 is 45.5 Å². The Labute approximate surface area is 172 Å². The molecule has 5 heteroatoms. The Balaban J connectivity index is 0.000000403. The van der Waals surface area contributed by atoms with Gasteiger partial charge in [-0.1, -0.05) is 72.8 Å². The summed E-state index contributed by atoms with van der Waals surface area (Å²) in [5.74, 6) is -2.34. The molecule has 0 saturated heterocycles. The van der Waals surface area contributed by atoms with Crippen molar-refractivity contribution in [1.29, 1.82) is 0 Å². The molecule has 0 heterocycles. The first-order valence-corrected chi connectivity index (χ1v) is 6.46. The van der Waals surface area contributed by atoms with Crippen LogP contribution in [0.15, 0.2) is 72.8 Å². The van der Waals surface area contributed by atoms with Crippen LogP contribution in [0, 0.1) is 0 Å². The molecule has 2 aromatic rings.